The van der Waals surface area contributed by atoms with Crippen molar-refractivity contribution >= 4 is 39.3 Å². The highest BCUT2D eigenvalue weighted by molar-refractivity contribution is 14.1. The number of rotatable bonds is 4. The van der Waals surface area contributed by atoms with Gasteiger partial charge in [-0.3, -0.25) is 4.79 Å². The number of nitrogens with zero attached hydrogens (tertiary/aromatic N) is 1. The lowest BCUT2D eigenvalue weighted by molar-refractivity contribution is 0.0519. The molecule has 3 nitrogen and oxygen atoms in total. The largest absolute Gasteiger partial charge is 0.381 e. The minimum absolute atomic E-state index is 0. The van der Waals surface area contributed by atoms with Crippen molar-refractivity contribution in [1.29, 1.82) is 0 Å². The Balaban J connectivity index is 0.00000208. The van der Waals surface area contributed by atoms with Gasteiger partial charge in [0, 0.05) is 24.0 Å². The number of carbonyl (C=O) groups excluding carboxylic acids is 1. The Morgan fingerprint density at radius 1 is 1.25 bits per heavy atom. The second kappa shape index (κ2) is 8.39. The number of pyridine rings is 1. The molecule has 1 saturated carbocycles. The Hall–Kier alpha value is -1.01. The van der Waals surface area contributed by atoms with E-state index < -0.39 is 0 Å². The first-order chi connectivity index (χ1) is 11.1. The summed E-state index contributed by atoms with van der Waals surface area (Å²) in [5.41, 5.74) is 3.03. The van der Waals surface area contributed by atoms with Crippen LogP contribution in [-0.4, -0.2) is 24.0 Å². The third-order valence-electron chi connectivity index (χ3n) is 4.88. The van der Waals surface area contributed by atoms with Crippen LogP contribution in [0.2, 0.25) is 0 Å². The lowest BCUT2D eigenvalue weighted by Gasteiger charge is -2.26. The summed E-state index contributed by atoms with van der Waals surface area (Å²) in [7, 11) is 1.76. The maximum atomic E-state index is 12.8. The molecule has 0 N–H and O–H groups in total. The molecule has 0 aliphatic heterocycles. The van der Waals surface area contributed by atoms with Gasteiger partial charge in [-0.05, 0) is 84.5 Å². The number of fused-ring (bicyclic) bond motifs is 1. The van der Waals surface area contributed by atoms with E-state index in [9.17, 15) is 4.79 Å². The van der Waals surface area contributed by atoms with Gasteiger partial charge in [0.15, 0.2) is 5.78 Å². The first-order valence-corrected chi connectivity index (χ1v) is 9.36. The van der Waals surface area contributed by atoms with Crippen molar-refractivity contribution in [2.75, 3.05) is 7.11 Å². The molecule has 0 atom stereocenters. The molecule has 1 aliphatic carbocycles. The topological polar surface area (TPSA) is 39.2 Å². The van der Waals surface area contributed by atoms with Crippen molar-refractivity contribution < 1.29 is 9.53 Å². The number of hydrogen-bond donors (Lipinski definition) is 0. The van der Waals surface area contributed by atoms with Gasteiger partial charge in [-0.1, -0.05) is 14.4 Å². The molecule has 0 unspecified atom stereocenters. The zero-order chi connectivity index (χ0) is 16.4. The van der Waals surface area contributed by atoms with Gasteiger partial charge < -0.3 is 4.74 Å². The van der Waals surface area contributed by atoms with Crippen LogP contribution >= 0.6 is 22.6 Å². The van der Waals surface area contributed by atoms with Crippen LogP contribution in [0.25, 0.3) is 10.9 Å². The summed E-state index contributed by atoms with van der Waals surface area (Å²) >= 11 is 2.28. The molecule has 24 heavy (non-hydrogen) atoms. The minimum Gasteiger partial charge on any atom is -0.381 e. The molecule has 0 spiro atoms. The first kappa shape index (κ1) is 19.3. The van der Waals surface area contributed by atoms with Gasteiger partial charge in [-0.25, -0.2) is 4.98 Å². The summed E-state index contributed by atoms with van der Waals surface area (Å²) in [6.07, 6.45) is 5.12. The SMILES string of the molecule is C.CCc1cc2cc(C(=O)C3CCC(OC)CC3)ccc2nc1I. The van der Waals surface area contributed by atoms with E-state index in [2.05, 4.69) is 40.6 Å². The molecule has 4 heteroatoms. The zero-order valence-electron chi connectivity index (χ0n) is 13.6. The van der Waals surface area contributed by atoms with Crippen LogP contribution in [0, 0.1) is 9.62 Å². The molecule has 1 heterocycles. The summed E-state index contributed by atoms with van der Waals surface area (Å²) < 4.78 is 6.45. The van der Waals surface area contributed by atoms with Gasteiger partial charge in [0.05, 0.1) is 11.6 Å². The second-order valence-electron chi connectivity index (χ2n) is 6.27. The fraction of sp³-hybridized carbons (Fsp3) is 0.500. The Morgan fingerprint density at radius 3 is 2.58 bits per heavy atom. The fourth-order valence-electron chi connectivity index (χ4n) is 3.39. The lowest BCUT2D eigenvalue weighted by atomic mass is 9.82. The highest BCUT2D eigenvalue weighted by Gasteiger charge is 2.27. The minimum atomic E-state index is 0. The van der Waals surface area contributed by atoms with E-state index in [4.69, 9.17) is 4.74 Å². The average molecular weight is 439 g/mol. The Kier molecular flexibility index (Phi) is 6.75. The van der Waals surface area contributed by atoms with Gasteiger partial charge in [-0.15, -0.1) is 0 Å². The number of aromatic nitrogens is 1. The highest BCUT2D eigenvalue weighted by atomic mass is 127. The van der Waals surface area contributed by atoms with Crippen molar-refractivity contribution in [3.8, 4) is 0 Å². The van der Waals surface area contributed by atoms with Crippen molar-refractivity contribution in [3.63, 3.8) is 0 Å². The van der Waals surface area contributed by atoms with Crippen LogP contribution in [-0.2, 0) is 11.2 Å². The summed E-state index contributed by atoms with van der Waals surface area (Å²) in [5, 5.41) is 1.07. The van der Waals surface area contributed by atoms with Crippen LogP contribution in [0.3, 0.4) is 0 Å². The van der Waals surface area contributed by atoms with E-state index >= 15 is 0 Å². The fourth-order valence-corrected chi connectivity index (χ4v) is 4.19. The molecule has 1 aromatic carbocycles. The lowest BCUT2D eigenvalue weighted by Crippen LogP contribution is -2.25. The van der Waals surface area contributed by atoms with Gasteiger partial charge in [0.25, 0.3) is 0 Å². The van der Waals surface area contributed by atoms with Crippen LogP contribution in [0.15, 0.2) is 24.3 Å². The number of Topliss-reactive ketones (excluding diaryl/α,β-unsaturated/α-hetero) is 1. The maximum Gasteiger partial charge on any atom is 0.165 e. The molecule has 130 valence electrons. The first-order valence-electron chi connectivity index (χ1n) is 8.28. The number of ketones is 1. The van der Waals surface area contributed by atoms with Crippen molar-refractivity contribution in [2.24, 2.45) is 5.92 Å². The van der Waals surface area contributed by atoms with Crippen LogP contribution in [0.5, 0.6) is 0 Å². The van der Waals surface area contributed by atoms with E-state index in [1.54, 1.807) is 7.11 Å². The molecule has 1 aromatic heterocycles. The van der Waals surface area contributed by atoms with E-state index in [0.717, 1.165) is 52.3 Å². The number of halogens is 1. The molecule has 3 rings (SSSR count). The molecule has 0 radical (unpaired) electrons. The predicted molar refractivity (Wildman–Crippen MR) is 108 cm³/mol. The molecule has 1 aliphatic rings. The highest BCUT2D eigenvalue weighted by Crippen LogP contribution is 2.29. The van der Waals surface area contributed by atoms with Crippen molar-refractivity contribution in [3.05, 3.63) is 39.1 Å². The summed E-state index contributed by atoms with van der Waals surface area (Å²) in [6.45, 7) is 2.13. The van der Waals surface area contributed by atoms with E-state index in [1.165, 1.54) is 5.56 Å². The van der Waals surface area contributed by atoms with Crippen molar-refractivity contribution in [1.82, 2.24) is 4.98 Å². The number of hydrogen-bond acceptors (Lipinski definition) is 3. The molecule has 2 aromatic rings. The smallest absolute Gasteiger partial charge is 0.165 e. The quantitative estimate of drug-likeness (QED) is 0.363. The van der Waals surface area contributed by atoms with Gasteiger partial charge in [0.2, 0.25) is 0 Å². The summed E-state index contributed by atoms with van der Waals surface area (Å²) in [4.78, 5) is 17.4. The van der Waals surface area contributed by atoms with Crippen molar-refractivity contribution in [2.45, 2.75) is 52.6 Å². The number of carbonyl (C=O) groups is 1. The standard InChI is InChI=1S/C19H22INO2.CH4/c1-3-12-10-15-11-14(6-9-17(15)21-19(12)20)18(22)13-4-7-16(23-2)8-5-13;/h6,9-11,13,16H,3-5,7-8H2,1-2H3;1H4. The number of aryl methyl sites for hydroxylation is 1. The predicted octanol–water partition coefficient (Wildman–Crippen LogP) is 5.43. The number of ether oxygens (including phenoxy) is 1. The molecular weight excluding hydrogens is 413 g/mol. The third-order valence-corrected chi connectivity index (χ3v) is 5.82. The molecule has 1 fully saturated rings. The monoisotopic (exact) mass is 439 g/mol. The van der Waals surface area contributed by atoms with E-state index in [1.807, 2.05) is 18.2 Å². The second-order valence-corrected chi connectivity index (χ2v) is 7.29. The van der Waals surface area contributed by atoms with Gasteiger partial charge in [0.1, 0.15) is 3.70 Å². The zero-order valence-corrected chi connectivity index (χ0v) is 15.8. The van der Waals surface area contributed by atoms with E-state index in [0.29, 0.717) is 6.10 Å². The third kappa shape index (κ3) is 3.97. The van der Waals surface area contributed by atoms with Crippen LogP contribution in [0.1, 0.15) is 56.0 Å². The maximum absolute atomic E-state index is 12.8. The normalized spacial score (nSPS) is 20.6. The Labute approximate surface area is 158 Å². The average Bonchev–Trinajstić information content (AvgIpc) is 2.60. The van der Waals surface area contributed by atoms with Crippen LogP contribution in [0.4, 0.5) is 0 Å². The summed E-state index contributed by atoms with van der Waals surface area (Å²) in [5.74, 6) is 0.416. The van der Waals surface area contributed by atoms with Gasteiger partial charge in [-0.2, -0.15) is 0 Å². The van der Waals surface area contributed by atoms with Crippen LogP contribution < -0.4 is 0 Å². The molecule has 0 saturated heterocycles. The van der Waals surface area contributed by atoms with Gasteiger partial charge >= 0.3 is 0 Å². The Bertz CT molecular complexity index is 721. The molecule has 0 bridgehead atoms. The molecule has 0 amide bonds. The Morgan fingerprint density at radius 2 is 1.96 bits per heavy atom. The summed E-state index contributed by atoms with van der Waals surface area (Å²) in [6, 6.07) is 8.09. The van der Waals surface area contributed by atoms with E-state index in [-0.39, 0.29) is 19.1 Å². The molecular formula is C20H26INO2. The number of benzene rings is 1. The number of methoxy groups -OCH3 is 1.